The van der Waals surface area contributed by atoms with Crippen LogP contribution in [-0.2, 0) is 0 Å². The predicted molar refractivity (Wildman–Crippen MR) is 54.6 cm³/mol. The highest BCUT2D eigenvalue weighted by molar-refractivity contribution is 7.18. The van der Waals surface area contributed by atoms with Gasteiger partial charge in [-0.05, 0) is 19.1 Å². The first-order valence-corrected chi connectivity index (χ1v) is 5.32. The third kappa shape index (κ3) is 1.52. The zero-order chi connectivity index (χ0) is 9.47. The van der Waals surface area contributed by atoms with Crippen LogP contribution in [0.25, 0.3) is 0 Å². The number of rotatable bonds is 2. The first-order valence-electron chi connectivity index (χ1n) is 4.13. The Bertz CT molecular complexity index is 343. The summed E-state index contributed by atoms with van der Waals surface area (Å²) in [7, 11) is 0. The summed E-state index contributed by atoms with van der Waals surface area (Å²) in [5.74, 6) is 0.211. The monoisotopic (exact) mass is 215 g/mol. The Kier molecular flexibility index (Phi) is 2.18. The molecule has 4 heteroatoms. The maximum absolute atomic E-state index is 11.9. The van der Waals surface area contributed by atoms with Crippen molar-refractivity contribution in [1.29, 1.82) is 0 Å². The summed E-state index contributed by atoms with van der Waals surface area (Å²) in [6, 6.07) is 3.58. The van der Waals surface area contributed by atoms with Gasteiger partial charge in [0, 0.05) is 13.1 Å². The fraction of sp³-hybridized carbons (Fsp3) is 0.444. The van der Waals surface area contributed by atoms with E-state index in [4.69, 9.17) is 11.6 Å². The van der Waals surface area contributed by atoms with Gasteiger partial charge in [-0.2, -0.15) is 0 Å². The second-order valence-corrected chi connectivity index (χ2v) is 5.31. The van der Waals surface area contributed by atoms with Gasteiger partial charge in [-0.25, -0.2) is 0 Å². The van der Waals surface area contributed by atoms with Gasteiger partial charge in [-0.1, -0.05) is 11.6 Å². The molecule has 2 nitrogen and oxygen atoms in total. The quantitative estimate of drug-likeness (QED) is 0.767. The van der Waals surface area contributed by atoms with E-state index in [1.807, 2.05) is 6.92 Å². The summed E-state index contributed by atoms with van der Waals surface area (Å²) >= 11 is 7.13. The Morgan fingerprint density at radius 2 is 2.31 bits per heavy atom. The molecule has 1 aromatic heterocycles. The van der Waals surface area contributed by atoms with Crippen molar-refractivity contribution in [2.75, 3.05) is 13.1 Å². The number of thiophene rings is 1. The number of halogens is 1. The van der Waals surface area contributed by atoms with Gasteiger partial charge in [0.2, 0.25) is 0 Å². The van der Waals surface area contributed by atoms with E-state index in [1.54, 1.807) is 12.1 Å². The standard InChI is InChI=1S/C9H10ClNOS/c1-9(4-11-5-9)8(12)6-2-3-7(10)13-6/h2-3,11H,4-5H2,1H3. The number of nitrogens with one attached hydrogen (secondary N) is 1. The average molecular weight is 216 g/mol. The third-order valence-corrected chi connectivity index (χ3v) is 3.61. The molecule has 2 heterocycles. The van der Waals surface area contributed by atoms with Gasteiger partial charge in [-0.15, -0.1) is 11.3 Å². The van der Waals surface area contributed by atoms with Gasteiger partial charge in [0.1, 0.15) is 0 Å². The molecule has 1 fully saturated rings. The molecule has 70 valence electrons. The molecule has 0 amide bonds. The molecular formula is C9H10ClNOS. The molecule has 1 aliphatic rings. The number of hydrogen-bond donors (Lipinski definition) is 1. The van der Waals surface area contributed by atoms with Gasteiger partial charge < -0.3 is 5.32 Å². The van der Waals surface area contributed by atoms with E-state index in [0.29, 0.717) is 4.34 Å². The Morgan fingerprint density at radius 3 is 2.69 bits per heavy atom. The fourth-order valence-electron chi connectivity index (χ4n) is 1.39. The Labute approximate surface area is 85.9 Å². The summed E-state index contributed by atoms with van der Waals surface area (Å²) in [5, 5.41) is 3.11. The Hall–Kier alpha value is -0.380. The van der Waals surface area contributed by atoms with Crippen molar-refractivity contribution in [3.63, 3.8) is 0 Å². The molecule has 0 aromatic carbocycles. The molecule has 0 unspecified atom stereocenters. The maximum Gasteiger partial charge on any atom is 0.181 e. The van der Waals surface area contributed by atoms with Crippen LogP contribution in [0.5, 0.6) is 0 Å². The highest BCUT2D eigenvalue weighted by Crippen LogP contribution is 2.31. The molecule has 0 radical (unpaired) electrons. The van der Waals surface area contributed by atoms with Crippen molar-refractivity contribution in [3.8, 4) is 0 Å². The molecule has 1 aliphatic heterocycles. The summed E-state index contributed by atoms with van der Waals surface area (Å²) < 4.78 is 0.680. The predicted octanol–water partition coefficient (Wildman–Crippen LogP) is 2.19. The summed E-state index contributed by atoms with van der Waals surface area (Å²) in [6.45, 7) is 3.54. The van der Waals surface area contributed by atoms with Crippen molar-refractivity contribution < 1.29 is 4.79 Å². The van der Waals surface area contributed by atoms with Crippen LogP contribution < -0.4 is 5.32 Å². The molecule has 0 saturated carbocycles. The third-order valence-electron chi connectivity index (χ3n) is 2.38. The van der Waals surface area contributed by atoms with Crippen LogP contribution in [0.1, 0.15) is 16.6 Å². The first-order chi connectivity index (χ1) is 6.12. The fourth-order valence-corrected chi connectivity index (χ4v) is 2.53. The first kappa shape index (κ1) is 9.19. The molecule has 1 saturated heterocycles. The van der Waals surface area contributed by atoms with Crippen molar-refractivity contribution in [1.82, 2.24) is 5.32 Å². The van der Waals surface area contributed by atoms with Crippen LogP contribution in [0, 0.1) is 5.41 Å². The van der Waals surface area contributed by atoms with Gasteiger partial charge in [0.05, 0.1) is 14.6 Å². The lowest BCUT2D eigenvalue weighted by molar-refractivity contribution is 0.0726. The highest BCUT2D eigenvalue weighted by Gasteiger charge is 2.40. The molecule has 1 aromatic rings. The maximum atomic E-state index is 11.9. The average Bonchev–Trinajstić information content (AvgIpc) is 2.46. The van der Waals surface area contributed by atoms with Gasteiger partial charge in [-0.3, -0.25) is 4.79 Å². The minimum atomic E-state index is -0.200. The summed E-state index contributed by atoms with van der Waals surface area (Å²) in [5.41, 5.74) is -0.200. The number of carbonyl (C=O) groups is 1. The largest absolute Gasteiger partial charge is 0.315 e. The van der Waals surface area contributed by atoms with E-state index < -0.39 is 0 Å². The lowest BCUT2D eigenvalue weighted by Gasteiger charge is -2.37. The molecule has 13 heavy (non-hydrogen) atoms. The van der Waals surface area contributed by atoms with Crippen LogP contribution in [0.3, 0.4) is 0 Å². The molecule has 2 rings (SSSR count). The number of hydrogen-bond acceptors (Lipinski definition) is 3. The molecule has 0 bridgehead atoms. The zero-order valence-corrected chi connectivity index (χ0v) is 8.84. The molecule has 0 atom stereocenters. The number of Topliss-reactive ketones (excluding diaryl/α,β-unsaturated/α-hetero) is 1. The highest BCUT2D eigenvalue weighted by atomic mass is 35.5. The second-order valence-electron chi connectivity index (χ2n) is 3.60. The minimum absolute atomic E-state index is 0.200. The number of carbonyl (C=O) groups excluding carboxylic acids is 1. The lowest BCUT2D eigenvalue weighted by atomic mass is 9.79. The normalized spacial score (nSPS) is 19.5. The van der Waals surface area contributed by atoms with Crippen molar-refractivity contribution in [2.45, 2.75) is 6.92 Å². The van der Waals surface area contributed by atoms with Gasteiger partial charge >= 0.3 is 0 Å². The SMILES string of the molecule is CC1(C(=O)c2ccc(Cl)s2)CNC1. The van der Waals surface area contributed by atoms with Gasteiger partial charge in [0.25, 0.3) is 0 Å². The van der Waals surface area contributed by atoms with Crippen LogP contribution in [0.2, 0.25) is 4.34 Å². The lowest BCUT2D eigenvalue weighted by Crippen LogP contribution is -2.55. The smallest absolute Gasteiger partial charge is 0.181 e. The molecular weight excluding hydrogens is 206 g/mol. The Balaban J connectivity index is 2.22. The van der Waals surface area contributed by atoms with E-state index in [-0.39, 0.29) is 11.2 Å². The van der Waals surface area contributed by atoms with Crippen LogP contribution in [-0.4, -0.2) is 18.9 Å². The summed E-state index contributed by atoms with van der Waals surface area (Å²) in [4.78, 5) is 12.6. The topological polar surface area (TPSA) is 29.1 Å². The van der Waals surface area contributed by atoms with Gasteiger partial charge in [0.15, 0.2) is 5.78 Å². The number of ketones is 1. The molecule has 0 spiro atoms. The van der Waals surface area contributed by atoms with Crippen molar-refractivity contribution in [2.24, 2.45) is 5.41 Å². The van der Waals surface area contributed by atoms with Crippen LogP contribution in [0.4, 0.5) is 0 Å². The van der Waals surface area contributed by atoms with Crippen LogP contribution in [0.15, 0.2) is 12.1 Å². The Morgan fingerprint density at radius 1 is 1.62 bits per heavy atom. The second kappa shape index (κ2) is 3.08. The van der Waals surface area contributed by atoms with E-state index in [2.05, 4.69) is 5.32 Å². The van der Waals surface area contributed by atoms with Crippen molar-refractivity contribution in [3.05, 3.63) is 21.3 Å². The zero-order valence-electron chi connectivity index (χ0n) is 7.26. The van der Waals surface area contributed by atoms with Crippen molar-refractivity contribution >= 4 is 28.7 Å². The van der Waals surface area contributed by atoms with Crippen LogP contribution >= 0.6 is 22.9 Å². The molecule has 1 N–H and O–H groups in total. The van der Waals surface area contributed by atoms with E-state index in [9.17, 15) is 4.79 Å². The molecule has 0 aliphatic carbocycles. The summed E-state index contributed by atoms with van der Waals surface area (Å²) in [6.07, 6.45) is 0. The minimum Gasteiger partial charge on any atom is -0.315 e. The van der Waals surface area contributed by atoms with E-state index in [1.165, 1.54) is 11.3 Å². The van der Waals surface area contributed by atoms with E-state index >= 15 is 0 Å². The van der Waals surface area contributed by atoms with E-state index in [0.717, 1.165) is 18.0 Å².